The number of hydrogen-bond donors (Lipinski definition) is 3. The van der Waals surface area contributed by atoms with E-state index in [0.717, 1.165) is 6.42 Å². The molecule has 0 aromatic rings. The first-order valence-corrected chi connectivity index (χ1v) is 4.10. The van der Waals surface area contributed by atoms with Crippen molar-refractivity contribution in [1.82, 2.24) is 0 Å². The van der Waals surface area contributed by atoms with Crippen molar-refractivity contribution in [3.63, 3.8) is 0 Å². The zero-order valence-electron chi connectivity index (χ0n) is 6.77. The zero-order valence-corrected chi connectivity index (χ0v) is 6.77. The van der Waals surface area contributed by atoms with Crippen LogP contribution < -0.4 is 0 Å². The lowest BCUT2D eigenvalue weighted by Crippen LogP contribution is -2.26. The van der Waals surface area contributed by atoms with Crippen molar-refractivity contribution >= 4 is 0 Å². The minimum Gasteiger partial charge on any atom is -0.396 e. The van der Waals surface area contributed by atoms with Gasteiger partial charge in [0.05, 0.1) is 6.10 Å². The third kappa shape index (κ3) is 1.55. The highest BCUT2D eigenvalue weighted by atomic mass is 16.3. The lowest BCUT2D eigenvalue weighted by molar-refractivity contribution is 0.0425. The second-order valence-corrected chi connectivity index (χ2v) is 3.49. The minimum atomic E-state index is -0.433. The summed E-state index contributed by atoms with van der Waals surface area (Å²) in [5.41, 5.74) is 0. The van der Waals surface area contributed by atoms with Gasteiger partial charge in [0.2, 0.25) is 0 Å². The normalized spacial score (nSPS) is 44.7. The average molecular weight is 160 g/mol. The predicted octanol–water partition coefficient (Wildman–Crippen LogP) is -0.396. The predicted molar refractivity (Wildman–Crippen MR) is 40.9 cm³/mol. The van der Waals surface area contributed by atoms with Gasteiger partial charge in [-0.3, -0.25) is 0 Å². The van der Waals surface area contributed by atoms with E-state index in [1.54, 1.807) is 0 Å². The van der Waals surface area contributed by atoms with E-state index in [4.69, 9.17) is 10.2 Å². The lowest BCUT2D eigenvalue weighted by Gasteiger charge is -2.17. The summed E-state index contributed by atoms with van der Waals surface area (Å²) in [7, 11) is 0. The fourth-order valence-electron chi connectivity index (χ4n) is 1.96. The van der Waals surface area contributed by atoms with E-state index < -0.39 is 6.10 Å². The summed E-state index contributed by atoms with van der Waals surface area (Å²) in [6.07, 6.45) is 0.389. The van der Waals surface area contributed by atoms with Gasteiger partial charge in [-0.25, -0.2) is 0 Å². The summed E-state index contributed by atoms with van der Waals surface area (Å²) < 4.78 is 0. The van der Waals surface area contributed by atoms with Crippen LogP contribution in [0.4, 0.5) is 0 Å². The van der Waals surface area contributed by atoms with E-state index in [9.17, 15) is 5.11 Å². The second-order valence-electron chi connectivity index (χ2n) is 3.49. The van der Waals surface area contributed by atoms with Crippen LogP contribution in [0.25, 0.3) is 0 Å². The van der Waals surface area contributed by atoms with Crippen LogP contribution in [0.1, 0.15) is 13.3 Å². The third-order valence-corrected chi connectivity index (χ3v) is 2.75. The summed E-state index contributed by atoms with van der Waals surface area (Å²) in [5, 5.41) is 27.3. The highest BCUT2D eigenvalue weighted by molar-refractivity contribution is 4.88. The molecule has 0 aliphatic heterocycles. The van der Waals surface area contributed by atoms with Crippen LogP contribution in [-0.4, -0.2) is 34.6 Å². The van der Waals surface area contributed by atoms with Crippen LogP contribution in [0.2, 0.25) is 0 Å². The maximum Gasteiger partial charge on any atom is 0.0619 e. The van der Waals surface area contributed by atoms with Crippen molar-refractivity contribution in [3.05, 3.63) is 0 Å². The molecule has 66 valence electrons. The highest BCUT2D eigenvalue weighted by Gasteiger charge is 2.38. The Morgan fingerprint density at radius 3 is 2.27 bits per heavy atom. The molecule has 0 saturated heterocycles. The molecular weight excluding hydrogens is 144 g/mol. The van der Waals surface area contributed by atoms with Crippen LogP contribution in [0.15, 0.2) is 0 Å². The summed E-state index contributed by atoms with van der Waals surface area (Å²) in [6.45, 7) is 2.01. The Labute approximate surface area is 66.7 Å². The maximum absolute atomic E-state index is 9.49. The van der Waals surface area contributed by atoms with E-state index in [-0.39, 0.29) is 31.0 Å². The number of rotatable bonds is 2. The van der Waals surface area contributed by atoms with Crippen molar-refractivity contribution in [2.45, 2.75) is 19.4 Å². The molecule has 0 heterocycles. The first-order valence-electron chi connectivity index (χ1n) is 4.10. The molecule has 0 aromatic heterocycles. The van der Waals surface area contributed by atoms with Gasteiger partial charge in [-0.1, -0.05) is 6.92 Å². The highest BCUT2D eigenvalue weighted by Crippen LogP contribution is 2.35. The van der Waals surface area contributed by atoms with Crippen molar-refractivity contribution in [1.29, 1.82) is 0 Å². The Kier molecular flexibility index (Phi) is 2.87. The fourth-order valence-corrected chi connectivity index (χ4v) is 1.96. The topological polar surface area (TPSA) is 60.7 Å². The molecule has 1 fully saturated rings. The number of aliphatic hydroxyl groups is 3. The molecule has 11 heavy (non-hydrogen) atoms. The smallest absolute Gasteiger partial charge is 0.0619 e. The molecule has 0 bridgehead atoms. The molecule has 0 unspecified atom stereocenters. The Balaban J connectivity index is 2.57. The van der Waals surface area contributed by atoms with Gasteiger partial charge in [-0.05, 0) is 18.3 Å². The molecular formula is C8H16O3. The molecule has 1 rings (SSSR count). The molecule has 0 spiro atoms. The molecule has 1 saturated carbocycles. The molecule has 1 aliphatic rings. The van der Waals surface area contributed by atoms with Crippen molar-refractivity contribution in [2.24, 2.45) is 17.8 Å². The summed E-state index contributed by atoms with van der Waals surface area (Å²) in [4.78, 5) is 0. The van der Waals surface area contributed by atoms with Crippen LogP contribution in [0.3, 0.4) is 0 Å². The van der Waals surface area contributed by atoms with Crippen molar-refractivity contribution < 1.29 is 15.3 Å². The van der Waals surface area contributed by atoms with Gasteiger partial charge in [0.1, 0.15) is 0 Å². The second kappa shape index (κ2) is 3.52. The number of hydrogen-bond acceptors (Lipinski definition) is 3. The molecule has 4 atom stereocenters. The SMILES string of the molecule is C[C@@H]1C[C@H](CO)[C@@H](CO)[C@H]1O. The van der Waals surface area contributed by atoms with Gasteiger partial charge in [0, 0.05) is 19.1 Å². The Hall–Kier alpha value is -0.120. The van der Waals surface area contributed by atoms with Gasteiger partial charge >= 0.3 is 0 Å². The van der Waals surface area contributed by atoms with Crippen LogP contribution in [-0.2, 0) is 0 Å². The zero-order chi connectivity index (χ0) is 8.43. The third-order valence-electron chi connectivity index (χ3n) is 2.75. The van der Waals surface area contributed by atoms with Crippen molar-refractivity contribution in [3.8, 4) is 0 Å². The molecule has 3 N–H and O–H groups in total. The molecule has 0 amide bonds. The van der Waals surface area contributed by atoms with Gasteiger partial charge in [0.25, 0.3) is 0 Å². The minimum absolute atomic E-state index is 0.0171. The first-order chi connectivity index (χ1) is 5.20. The molecule has 3 heteroatoms. The first kappa shape index (κ1) is 8.97. The van der Waals surface area contributed by atoms with Gasteiger partial charge in [0.15, 0.2) is 0 Å². The van der Waals surface area contributed by atoms with Crippen LogP contribution >= 0.6 is 0 Å². The molecule has 0 radical (unpaired) electrons. The Bertz CT molecular complexity index is 127. The maximum atomic E-state index is 9.49. The summed E-state index contributed by atoms with van der Waals surface area (Å²) >= 11 is 0. The van der Waals surface area contributed by atoms with Crippen molar-refractivity contribution in [2.75, 3.05) is 13.2 Å². The van der Waals surface area contributed by atoms with E-state index in [1.807, 2.05) is 6.92 Å². The monoisotopic (exact) mass is 160 g/mol. The van der Waals surface area contributed by atoms with E-state index in [1.165, 1.54) is 0 Å². The van der Waals surface area contributed by atoms with E-state index >= 15 is 0 Å². The van der Waals surface area contributed by atoms with E-state index in [2.05, 4.69) is 0 Å². The summed E-state index contributed by atoms with van der Waals surface area (Å²) in [6, 6.07) is 0. The quantitative estimate of drug-likeness (QED) is 0.515. The molecule has 0 aromatic carbocycles. The average Bonchev–Trinajstić information content (AvgIpc) is 2.28. The van der Waals surface area contributed by atoms with Gasteiger partial charge < -0.3 is 15.3 Å². The van der Waals surface area contributed by atoms with Gasteiger partial charge in [-0.15, -0.1) is 0 Å². The van der Waals surface area contributed by atoms with Crippen LogP contribution in [0, 0.1) is 17.8 Å². The number of aliphatic hydroxyl groups excluding tert-OH is 3. The molecule has 1 aliphatic carbocycles. The Morgan fingerprint density at radius 2 is 1.91 bits per heavy atom. The molecule has 3 nitrogen and oxygen atoms in total. The largest absolute Gasteiger partial charge is 0.396 e. The van der Waals surface area contributed by atoms with E-state index in [0.29, 0.717) is 0 Å². The van der Waals surface area contributed by atoms with Gasteiger partial charge in [-0.2, -0.15) is 0 Å². The Morgan fingerprint density at radius 1 is 1.27 bits per heavy atom. The summed E-state index contributed by atoms with van der Waals surface area (Å²) in [5.74, 6) is 0.185. The lowest BCUT2D eigenvalue weighted by atomic mass is 9.97. The van der Waals surface area contributed by atoms with Crippen LogP contribution in [0.5, 0.6) is 0 Å². The standard InChI is InChI=1S/C8H16O3/c1-5-2-6(3-9)7(4-10)8(5)11/h5-11H,2-4H2,1H3/t5-,6-,7-,8+/m1/s1. The fraction of sp³-hybridized carbons (Fsp3) is 1.00.